The average Bonchev–Trinajstić information content (AvgIpc) is 3.05. The van der Waals surface area contributed by atoms with E-state index < -0.39 is 0 Å². The molecule has 3 heteroatoms. The third kappa shape index (κ3) is 2.84. The van der Waals surface area contributed by atoms with Crippen molar-refractivity contribution in [1.29, 1.82) is 0 Å². The molecule has 2 fully saturated rings. The van der Waals surface area contributed by atoms with Crippen molar-refractivity contribution >= 4 is 5.91 Å². The average molecular weight is 286 g/mol. The lowest BCUT2D eigenvalue weighted by Crippen LogP contribution is -2.38. The first kappa shape index (κ1) is 14.6. The second-order valence-electron chi connectivity index (χ2n) is 6.64. The lowest BCUT2D eigenvalue weighted by Gasteiger charge is -2.30. The van der Waals surface area contributed by atoms with Crippen LogP contribution in [0.25, 0.3) is 0 Å². The van der Waals surface area contributed by atoms with Gasteiger partial charge in [-0.3, -0.25) is 10.1 Å². The molecular formula is C18H26N2O. The molecule has 1 saturated carbocycles. The molecule has 0 bridgehead atoms. The first-order chi connectivity index (χ1) is 10.2. The van der Waals surface area contributed by atoms with Gasteiger partial charge in [-0.05, 0) is 37.2 Å². The summed E-state index contributed by atoms with van der Waals surface area (Å²) in [6.45, 7) is 4.45. The van der Waals surface area contributed by atoms with E-state index in [0.29, 0.717) is 11.9 Å². The van der Waals surface area contributed by atoms with E-state index in [1.54, 1.807) is 0 Å². The van der Waals surface area contributed by atoms with Crippen LogP contribution in [0.5, 0.6) is 0 Å². The van der Waals surface area contributed by atoms with Gasteiger partial charge >= 0.3 is 0 Å². The Kier molecular flexibility index (Phi) is 4.29. The second kappa shape index (κ2) is 6.18. The van der Waals surface area contributed by atoms with E-state index in [1.165, 1.54) is 12.0 Å². The Bertz CT molecular complexity index is 487. The Hall–Kier alpha value is -1.35. The Labute approximate surface area is 127 Å². The summed E-state index contributed by atoms with van der Waals surface area (Å²) in [5, 5.41) is 3.58. The van der Waals surface area contributed by atoms with E-state index in [1.807, 2.05) is 6.07 Å². The van der Waals surface area contributed by atoms with Crippen molar-refractivity contribution in [1.82, 2.24) is 10.2 Å². The van der Waals surface area contributed by atoms with Crippen molar-refractivity contribution in [2.24, 2.45) is 5.92 Å². The zero-order valence-corrected chi connectivity index (χ0v) is 13.1. The molecule has 1 amide bonds. The molecule has 0 spiro atoms. The zero-order chi connectivity index (χ0) is 14.8. The van der Waals surface area contributed by atoms with E-state index in [2.05, 4.69) is 48.3 Å². The smallest absolute Gasteiger partial charge is 0.241 e. The van der Waals surface area contributed by atoms with Crippen LogP contribution in [0.1, 0.15) is 57.7 Å². The van der Waals surface area contributed by atoms with Crippen LogP contribution in [-0.2, 0) is 4.79 Å². The van der Waals surface area contributed by atoms with Crippen LogP contribution >= 0.6 is 0 Å². The fourth-order valence-corrected chi connectivity index (χ4v) is 3.86. The van der Waals surface area contributed by atoms with Crippen molar-refractivity contribution in [2.45, 2.75) is 64.2 Å². The summed E-state index contributed by atoms with van der Waals surface area (Å²) in [5.74, 6) is 1.05. The van der Waals surface area contributed by atoms with Gasteiger partial charge in [0, 0.05) is 6.04 Å². The fourth-order valence-electron chi connectivity index (χ4n) is 3.86. The topological polar surface area (TPSA) is 32.3 Å². The van der Waals surface area contributed by atoms with Gasteiger partial charge in [0.05, 0.1) is 6.04 Å². The van der Waals surface area contributed by atoms with Crippen molar-refractivity contribution in [2.75, 3.05) is 0 Å². The summed E-state index contributed by atoms with van der Waals surface area (Å²) in [4.78, 5) is 15.0. The lowest BCUT2D eigenvalue weighted by molar-refractivity contribution is -0.132. The number of hydrogen-bond acceptors (Lipinski definition) is 2. The third-order valence-electron chi connectivity index (χ3n) is 4.94. The van der Waals surface area contributed by atoms with Crippen LogP contribution in [0, 0.1) is 5.92 Å². The van der Waals surface area contributed by atoms with Crippen LogP contribution in [0.3, 0.4) is 0 Å². The number of hydrogen-bond donors (Lipinski definition) is 1. The minimum absolute atomic E-state index is 0.00360. The van der Waals surface area contributed by atoms with Crippen molar-refractivity contribution < 1.29 is 4.79 Å². The SMILES string of the molecule is CCCC1NC(c2ccccc2)N(C2CCC(C)C2)C1=O. The second-order valence-corrected chi connectivity index (χ2v) is 6.64. The number of nitrogens with zero attached hydrogens (tertiary/aromatic N) is 1. The molecular weight excluding hydrogens is 260 g/mol. The van der Waals surface area contributed by atoms with Crippen LogP contribution in [0.4, 0.5) is 0 Å². The minimum Gasteiger partial charge on any atom is -0.319 e. The van der Waals surface area contributed by atoms with Gasteiger partial charge in [-0.15, -0.1) is 0 Å². The Balaban J connectivity index is 1.86. The highest BCUT2D eigenvalue weighted by Crippen LogP contribution is 2.37. The quantitative estimate of drug-likeness (QED) is 0.919. The van der Waals surface area contributed by atoms with Gasteiger partial charge in [0.25, 0.3) is 0 Å². The minimum atomic E-state index is -0.00360. The molecule has 1 aromatic carbocycles. The molecule has 4 unspecified atom stereocenters. The third-order valence-corrected chi connectivity index (χ3v) is 4.94. The summed E-state index contributed by atoms with van der Waals surface area (Å²) in [6.07, 6.45) is 5.58. The largest absolute Gasteiger partial charge is 0.319 e. The van der Waals surface area contributed by atoms with E-state index in [0.717, 1.165) is 31.6 Å². The van der Waals surface area contributed by atoms with Gasteiger partial charge in [0.2, 0.25) is 5.91 Å². The summed E-state index contributed by atoms with van der Waals surface area (Å²) >= 11 is 0. The maximum absolute atomic E-state index is 12.8. The molecule has 3 nitrogen and oxygen atoms in total. The molecule has 1 heterocycles. The maximum Gasteiger partial charge on any atom is 0.241 e. The highest BCUT2D eigenvalue weighted by atomic mass is 16.2. The number of carbonyl (C=O) groups excluding carboxylic acids is 1. The number of benzene rings is 1. The Morgan fingerprint density at radius 3 is 2.62 bits per heavy atom. The van der Waals surface area contributed by atoms with E-state index in [-0.39, 0.29) is 12.2 Å². The predicted octanol–water partition coefficient (Wildman–Crippen LogP) is 3.47. The van der Waals surface area contributed by atoms with Crippen LogP contribution in [0.15, 0.2) is 30.3 Å². The van der Waals surface area contributed by atoms with Crippen molar-refractivity contribution in [3.05, 3.63) is 35.9 Å². The van der Waals surface area contributed by atoms with Crippen molar-refractivity contribution in [3.63, 3.8) is 0 Å². The normalized spacial score (nSPS) is 32.9. The molecule has 114 valence electrons. The monoisotopic (exact) mass is 286 g/mol. The van der Waals surface area contributed by atoms with Crippen LogP contribution in [-0.4, -0.2) is 22.9 Å². The zero-order valence-electron chi connectivity index (χ0n) is 13.1. The number of amides is 1. The highest BCUT2D eigenvalue weighted by Gasteiger charge is 2.44. The molecule has 1 aliphatic carbocycles. The van der Waals surface area contributed by atoms with Gasteiger partial charge in [-0.1, -0.05) is 50.6 Å². The molecule has 4 atom stereocenters. The summed E-state index contributed by atoms with van der Waals surface area (Å²) in [5.41, 5.74) is 1.21. The van der Waals surface area contributed by atoms with Gasteiger partial charge in [0.1, 0.15) is 6.17 Å². The maximum atomic E-state index is 12.8. The molecule has 2 aliphatic rings. The Morgan fingerprint density at radius 2 is 2.00 bits per heavy atom. The number of rotatable bonds is 4. The fraction of sp³-hybridized carbons (Fsp3) is 0.611. The predicted molar refractivity (Wildman–Crippen MR) is 84.7 cm³/mol. The first-order valence-corrected chi connectivity index (χ1v) is 8.34. The van der Waals surface area contributed by atoms with Gasteiger partial charge in [0.15, 0.2) is 0 Å². The number of carbonyl (C=O) groups is 1. The molecule has 1 aromatic rings. The molecule has 1 N–H and O–H groups in total. The molecule has 0 radical (unpaired) electrons. The van der Waals surface area contributed by atoms with Crippen LogP contribution in [0.2, 0.25) is 0 Å². The molecule has 3 rings (SSSR count). The lowest BCUT2D eigenvalue weighted by atomic mass is 10.1. The molecule has 21 heavy (non-hydrogen) atoms. The summed E-state index contributed by atoms with van der Waals surface area (Å²) in [7, 11) is 0. The molecule has 1 aliphatic heterocycles. The van der Waals surface area contributed by atoms with Gasteiger partial charge < -0.3 is 4.90 Å². The summed E-state index contributed by atoms with van der Waals surface area (Å²) < 4.78 is 0. The van der Waals surface area contributed by atoms with E-state index in [9.17, 15) is 4.79 Å². The van der Waals surface area contributed by atoms with Crippen molar-refractivity contribution in [3.8, 4) is 0 Å². The van der Waals surface area contributed by atoms with E-state index in [4.69, 9.17) is 0 Å². The highest BCUT2D eigenvalue weighted by molar-refractivity contribution is 5.85. The molecule has 1 saturated heterocycles. The summed E-state index contributed by atoms with van der Waals surface area (Å²) in [6, 6.07) is 10.8. The van der Waals surface area contributed by atoms with Gasteiger partial charge in [-0.2, -0.15) is 0 Å². The Morgan fingerprint density at radius 1 is 1.24 bits per heavy atom. The number of nitrogens with one attached hydrogen (secondary N) is 1. The standard InChI is InChI=1S/C18H26N2O/c1-3-7-16-18(21)20(15-11-10-13(2)12-15)17(19-16)14-8-5-4-6-9-14/h4-6,8-9,13,15-17,19H,3,7,10-12H2,1-2H3. The molecule has 0 aromatic heterocycles. The first-order valence-electron chi connectivity index (χ1n) is 8.34. The van der Waals surface area contributed by atoms with Crippen LogP contribution < -0.4 is 5.32 Å². The van der Waals surface area contributed by atoms with Gasteiger partial charge in [-0.25, -0.2) is 0 Å². The van der Waals surface area contributed by atoms with E-state index >= 15 is 0 Å².